The van der Waals surface area contributed by atoms with Gasteiger partial charge in [-0.05, 0) is 30.2 Å². The number of hydrogen-bond acceptors (Lipinski definition) is 3. The first kappa shape index (κ1) is 15.3. The highest BCUT2D eigenvalue weighted by Gasteiger charge is 2.07. The lowest BCUT2D eigenvalue weighted by molar-refractivity contribution is 0.0949. The number of amides is 1. The number of rotatable bonds is 6. The smallest absolute Gasteiger partial charge is 0.269 e. The molecular weight excluding hydrogens is 286 g/mol. The summed E-state index contributed by atoms with van der Waals surface area (Å²) < 4.78 is 0. The van der Waals surface area contributed by atoms with Gasteiger partial charge in [0.05, 0.1) is 0 Å². The third-order valence-corrected chi connectivity index (χ3v) is 3.34. The first-order valence-corrected chi connectivity index (χ1v) is 7.30. The molecule has 1 aromatic heterocycles. The number of anilines is 1. The van der Waals surface area contributed by atoms with Gasteiger partial charge in [0.1, 0.15) is 5.69 Å². The molecule has 2 aromatic rings. The SMILES string of the molecule is CCCNC(=O)c1cc(NCc2ccccc2Cl)ccn1. The number of halogens is 1. The van der Waals surface area contributed by atoms with E-state index in [-0.39, 0.29) is 5.91 Å². The Bertz CT molecular complexity index is 616. The van der Waals surface area contributed by atoms with Crippen LogP contribution in [0.1, 0.15) is 29.4 Å². The van der Waals surface area contributed by atoms with Gasteiger partial charge in [0.2, 0.25) is 0 Å². The Balaban J connectivity index is 2.01. The Kier molecular flexibility index (Phi) is 5.58. The van der Waals surface area contributed by atoms with Crippen LogP contribution in [0.2, 0.25) is 5.02 Å². The molecule has 0 aliphatic heterocycles. The predicted molar refractivity (Wildman–Crippen MR) is 85.6 cm³/mol. The second-order valence-electron chi connectivity index (χ2n) is 4.63. The van der Waals surface area contributed by atoms with Gasteiger partial charge >= 0.3 is 0 Å². The van der Waals surface area contributed by atoms with Crippen LogP contribution in [0.4, 0.5) is 5.69 Å². The molecule has 0 saturated heterocycles. The van der Waals surface area contributed by atoms with Crippen molar-refractivity contribution in [1.82, 2.24) is 10.3 Å². The van der Waals surface area contributed by atoms with Crippen molar-refractivity contribution in [2.45, 2.75) is 19.9 Å². The first-order valence-electron chi connectivity index (χ1n) is 6.92. The van der Waals surface area contributed by atoms with E-state index in [1.807, 2.05) is 37.3 Å². The Morgan fingerprint density at radius 2 is 2.10 bits per heavy atom. The summed E-state index contributed by atoms with van der Waals surface area (Å²) in [5, 5.41) is 6.78. The third kappa shape index (κ3) is 4.46. The van der Waals surface area contributed by atoms with Gasteiger partial charge in [0.15, 0.2) is 0 Å². The topological polar surface area (TPSA) is 54.0 Å². The molecule has 0 atom stereocenters. The molecule has 5 heteroatoms. The van der Waals surface area contributed by atoms with Crippen LogP contribution in [0.25, 0.3) is 0 Å². The van der Waals surface area contributed by atoms with Crippen molar-refractivity contribution in [2.75, 3.05) is 11.9 Å². The molecule has 0 aliphatic carbocycles. The second kappa shape index (κ2) is 7.64. The number of carbonyl (C=O) groups excluding carboxylic acids is 1. The third-order valence-electron chi connectivity index (χ3n) is 2.97. The van der Waals surface area contributed by atoms with E-state index in [0.29, 0.717) is 18.8 Å². The van der Waals surface area contributed by atoms with Crippen molar-refractivity contribution in [3.8, 4) is 0 Å². The van der Waals surface area contributed by atoms with E-state index in [1.165, 1.54) is 0 Å². The molecule has 0 bridgehead atoms. The minimum atomic E-state index is -0.154. The number of pyridine rings is 1. The monoisotopic (exact) mass is 303 g/mol. The zero-order valence-corrected chi connectivity index (χ0v) is 12.7. The average molecular weight is 304 g/mol. The van der Waals surface area contributed by atoms with Crippen LogP contribution in [0, 0.1) is 0 Å². The van der Waals surface area contributed by atoms with Crippen LogP contribution >= 0.6 is 11.6 Å². The van der Waals surface area contributed by atoms with Crippen LogP contribution in [-0.2, 0) is 6.54 Å². The van der Waals surface area contributed by atoms with Gasteiger partial charge < -0.3 is 10.6 Å². The molecule has 0 spiro atoms. The maximum Gasteiger partial charge on any atom is 0.269 e. The molecule has 0 saturated carbocycles. The summed E-state index contributed by atoms with van der Waals surface area (Å²) in [4.78, 5) is 15.9. The zero-order valence-electron chi connectivity index (χ0n) is 11.9. The molecule has 1 amide bonds. The lowest BCUT2D eigenvalue weighted by Crippen LogP contribution is -2.24. The Hall–Kier alpha value is -2.07. The summed E-state index contributed by atoms with van der Waals surface area (Å²) in [6, 6.07) is 11.2. The standard InChI is InChI=1S/C16H18ClN3O/c1-2-8-19-16(21)15-10-13(7-9-18-15)20-11-12-5-3-4-6-14(12)17/h3-7,9-10H,2,8,11H2,1H3,(H,18,20)(H,19,21). The van der Waals surface area contributed by atoms with Gasteiger partial charge in [0, 0.05) is 30.0 Å². The van der Waals surface area contributed by atoms with Gasteiger partial charge in [-0.25, -0.2) is 0 Å². The van der Waals surface area contributed by atoms with E-state index < -0.39 is 0 Å². The largest absolute Gasteiger partial charge is 0.381 e. The second-order valence-corrected chi connectivity index (χ2v) is 5.04. The van der Waals surface area contributed by atoms with Crippen LogP contribution in [-0.4, -0.2) is 17.4 Å². The summed E-state index contributed by atoms with van der Waals surface area (Å²) in [5.74, 6) is -0.154. The summed E-state index contributed by atoms with van der Waals surface area (Å²) >= 11 is 6.11. The normalized spacial score (nSPS) is 10.2. The van der Waals surface area contributed by atoms with E-state index in [4.69, 9.17) is 11.6 Å². The highest BCUT2D eigenvalue weighted by atomic mass is 35.5. The fourth-order valence-corrected chi connectivity index (χ4v) is 2.04. The molecule has 21 heavy (non-hydrogen) atoms. The summed E-state index contributed by atoms with van der Waals surface area (Å²) in [6.45, 7) is 3.26. The molecule has 2 rings (SSSR count). The Labute approximate surface area is 129 Å². The van der Waals surface area contributed by atoms with Crippen molar-refractivity contribution in [2.24, 2.45) is 0 Å². The summed E-state index contributed by atoms with van der Waals surface area (Å²) in [6.07, 6.45) is 2.52. The zero-order chi connectivity index (χ0) is 15.1. The molecule has 110 valence electrons. The van der Waals surface area contributed by atoms with Gasteiger partial charge in [-0.15, -0.1) is 0 Å². The van der Waals surface area contributed by atoms with Crippen LogP contribution in [0.3, 0.4) is 0 Å². The minimum Gasteiger partial charge on any atom is -0.381 e. The molecule has 0 aliphatic rings. The first-order chi connectivity index (χ1) is 10.2. The minimum absolute atomic E-state index is 0.154. The summed E-state index contributed by atoms with van der Waals surface area (Å²) in [5.41, 5.74) is 2.26. The molecule has 0 radical (unpaired) electrons. The molecule has 2 N–H and O–H groups in total. The number of benzene rings is 1. The van der Waals surface area contributed by atoms with E-state index >= 15 is 0 Å². The van der Waals surface area contributed by atoms with E-state index in [1.54, 1.807) is 12.3 Å². The number of nitrogens with zero attached hydrogens (tertiary/aromatic N) is 1. The van der Waals surface area contributed by atoms with Gasteiger partial charge in [0.25, 0.3) is 5.91 Å². The Morgan fingerprint density at radius 3 is 2.86 bits per heavy atom. The van der Waals surface area contributed by atoms with Crippen LogP contribution in [0.5, 0.6) is 0 Å². The van der Waals surface area contributed by atoms with Crippen molar-refractivity contribution in [3.05, 3.63) is 58.9 Å². The maximum absolute atomic E-state index is 11.9. The predicted octanol–water partition coefficient (Wildman–Crippen LogP) is 3.49. The van der Waals surface area contributed by atoms with Crippen LogP contribution < -0.4 is 10.6 Å². The van der Waals surface area contributed by atoms with Crippen molar-refractivity contribution in [3.63, 3.8) is 0 Å². The maximum atomic E-state index is 11.9. The van der Waals surface area contributed by atoms with Gasteiger partial charge in [-0.2, -0.15) is 0 Å². The lowest BCUT2D eigenvalue weighted by atomic mass is 10.2. The van der Waals surface area contributed by atoms with Crippen LogP contribution in [0.15, 0.2) is 42.6 Å². The Morgan fingerprint density at radius 1 is 1.29 bits per heavy atom. The number of nitrogens with one attached hydrogen (secondary N) is 2. The highest BCUT2D eigenvalue weighted by Crippen LogP contribution is 2.17. The number of aromatic nitrogens is 1. The molecule has 1 aromatic carbocycles. The van der Waals surface area contributed by atoms with Gasteiger partial charge in [-0.1, -0.05) is 36.7 Å². The fraction of sp³-hybridized carbons (Fsp3) is 0.250. The quantitative estimate of drug-likeness (QED) is 0.859. The van der Waals surface area contributed by atoms with Crippen molar-refractivity contribution >= 4 is 23.2 Å². The highest BCUT2D eigenvalue weighted by molar-refractivity contribution is 6.31. The van der Waals surface area contributed by atoms with Crippen molar-refractivity contribution < 1.29 is 4.79 Å². The van der Waals surface area contributed by atoms with Gasteiger partial charge in [-0.3, -0.25) is 9.78 Å². The molecule has 4 nitrogen and oxygen atoms in total. The fourth-order valence-electron chi connectivity index (χ4n) is 1.83. The van der Waals surface area contributed by atoms with E-state index in [0.717, 1.165) is 22.7 Å². The number of hydrogen-bond donors (Lipinski definition) is 2. The molecular formula is C16H18ClN3O. The average Bonchev–Trinajstić information content (AvgIpc) is 2.52. The molecule has 0 fully saturated rings. The molecule has 0 unspecified atom stereocenters. The summed E-state index contributed by atoms with van der Waals surface area (Å²) in [7, 11) is 0. The lowest BCUT2D eigenvalue weighted by Gasteiger charge is -2.09. The number of carbonyl (C=O) groups is 1. The molecule has 1 heterocycles. The van der Waals surface area contributed by atoms with Crippen molar-refractivity contribution in [1.29, 1.82) is 0 Å². The van der Waals surface area contributed by atoms with E-state index in [2.05, 4.69) is 15.6 Å². The van der Waals surface area contributed by atoms with E-state index in [9.17, 15) is 4.79 Å².